The molecule has 152 valence electrons. The molecule has 2 rings (SSSR count). The summed E-state index contributed by atoms with van der Waals surface area (Å²) in [6, 6.07) is 6.45. The Kier molecular flexibility index (Phi) is 6.80. The number of hydrogen-bond acceptors (Lipinski definition) is 4. The smallest absolute Gasteiger partial charge is 0.369 e. The number of carbonyl (C=O) groups is 1. The van der Waals surface area contributed by atoms with Crippen molar-refractivity contribution in [2.24, 2.45) is 5.73 Å². The van der Waals surface area contributed by atoms with Gasteiger partial charge < -0.3 is 5.73 Å². The zero-order valence-corrected chi connectivity index (χ0v) is 17.2. The molecule has 0 aromatic heterocycles. The van der Waals surface area contributed by atoms with Crippen molar-refractivity contribution in [3.63, 3.8) is 0 Å². The van der Waals surface area contributed by atoms with Crippen LogP contribution in [0.15, 0.2) is 46.2 Å². The SMILES string of the molecule is CC(Sc1ccc(Cl)cc1NS(=O)(=O)c1ccc(Cl)c(C(F)(F)F)c1)C(N)=O. The molecule has 0 aliphatic heterocycles. The first-order chi connectivity index (χ1) is 12.8. The van der Waals surface area contributed by atoms with Gasteiger partial charge in [-0.15, -0.1) is 11.8 Å². The third-order valence-corrected chi connectivity index (χ3v) is 6.57. The molecule has 28 heavy (non-hydrogen) atoms. The van der Waals surface area contributed by atoms with E-state index in [1.165, 1.54) is 25.1 Å². The quantitative estimate of drug-likeness (QED) is 0.592. The van der Waals surface area contributed by atoms with E-state index in [4.69, 9.17) is 28.9 Å². The van der Waals surface area contributed by atoms with Gasteiger partial charge in [0.25, 0.3) is 10.0 Å². The van der Waals surface area contributed by atoms with Gasteiger partial charge in [0.15, 0.2) is 0 Å². The first kappa shape index (κ1) is 22.7. The van der Waals surface area contributed by atoms with Crippen LogP contribution in [0.2, 0.25) is 10.0 Å². The Morgan fingerprint density at radius 2 is 1.82 bits per heavy atom. The van der Waals surface area contributed by atoms with Crippen LogP contribution in [-0.2, 0) is 21.0 Å². The minimum atomic E-state index is -4.82. The average Bonchev–Trinajstić information content (AvgIpc) is 2.55. The van der Waals surface area contributed by atoms with Crippen LogP contribution in [-0.4, -0.2) is 19.6 Å². The van der Waals surface area contributed by atoms with Crippen molar-refractivity contribution in [2.45, 2.75) is 28.1 Å². The van der Waals surface area contributed by atoms with Gasteiger partial charge in [-0.05, 0) is 43.3 Å². The second kappa shape index (κ2) is 8.40. The number of anilines is 1. The number of benzene rings is 2. The molecule has 0 saturated heterocycles. The third kappa shape index (κ3) is 5.47. The highest BCUT2D eigenvalue weighted by Crippen LogP contribution is 2.37. The highest BCUT2D eigenvalue weighted by Gasteiger charge is 2.34. The highest BCUT2D eigenvalue weighted by molar-refractivity contribution is 8.00. The van der Waals surface area contributed by atoms with Crippen LogP contribution in [0.25, 0.3) is 0 Å². The van der Waals surface area contributed by atoms with E-state index in [0.29, 0.717) is 11.0 Å². The molecule has 2 aromatic carbocycles. The van der Waals surface area contributed by atoms with Gasteiger partial charge in [-0.2, -0.15) is 13.2 Å². The summed E-state index contributed by atoms with van der Waals surface area (Å²) >= 11 is 12.4. The standard InChI is InChI=1S/C16H13Cl2F3N2O3S2/c1-8(15(22)24)27-14-5-2-9(17)6-13(14)23-28(25,26)10-3-4-12(18)11(7-10)16(19,20)21/h2-8,23H,1H3,(H2,22,24). The van der Waals surface area contributed by atoms with Gasteiger partial charge in [-0.1, -0.05) is 23.2 Å². The van der Waals surface area contributed by atoms with Gasteiger partial charge in [0.05, 0.1) is 26.4 Å². The Hall–Kier alpha value is -1.62. The highest BCUT2D eigenvalue weighted by atomic mass is 35.5. The molecule has 1 unspecified atom stereocenters. The molecule has 2 aromatic rings. The summed E-state index contributed by atoms with van der Waals surface area (Å²) in [5.41, 5.74) is 3.93. The number of thioether (sulfide) groups is 1. The molecular weight excluding hydrogens is 460 g/mol. The number of alkyl halides is 3. The van der Waals surface area contributed by atoms with E-state index < -0.39 is 42.8 Å². The molecule has 0 saturated carbocycles. The van der Waals surface area contributed by atoms with Gasteiger partial charge in [-0.25, -0.2) is 8.42 Å². The van der Waals surface area contributed by atoms with E-state index in [0.717, 1.165) is 23.9 Å². The summed E-state index contributed by atoms with van der Waals surface area (Å²) in [4.78, 5) is 11.0. The number of carbonyl (C=O) groups excluding carboxylic acids is 1. The summed E-state index contributed by atoms with van der Waals surface area (Å²) in [7, 11) is -4.40. The number of rotatable bonds is 6. The molecule has 1 atom stereocenters. The molecule has 0 spiro atoms. The Morgan fingerprint density at radius 3 is 2.39 bits per heavy atom. The second-order valence-electron chi connectivity index (χ2n) is 5.55. The summed E-state index contributed by atoms with van der Waals surface area (Å²) in [6.45, 7) is 1.52. The van der Waals surface area contributed by atoms with Crippen LogP contribution < -0.4 is 10.5 Å². The molecule has 12 heteroatoms. The van der Waals surface area contributed by atoms with Crippen LogP contribution in [0, 0.1) is 0 Å². The van der Waals surface area contributed by atoms with E-state index in [9.17, 15) is 26.4 Å². The third-order valence-electron chi connectivity index (χ3n) is 3.44. The van der Waals surface area contributed by atoms with Crippen molar-refractivity contribution < 1.29 is 26.4 Å². The molecule has 0 fully saturated rings. The molecule has 0 bridgehead atoms. The summed E-state index contributed by atoms with van der Waals surface area (Å²) in [6.07, 6.45) is -4.82. The molecule has 0 aliphatic rings. The van der Waals surface area contributed by atoms with Gasteiger partial charge in [0.2, 0.25) is 5.91 Å². The zero-order chi connectivity index (χ0) is 21.3. The second-order valence-corrected chi connectivity index (χ2v) is 9.46. The van der Waals surface area contributed by atoms with E-state index >= 15 is 0 Å². The summed E-state index contributed by atoms with van der Waals surface area (Å²) < 4.78 is 66.5. The van der Waals surface area contributed by atoms with Crippen molar-refractivity contribution >= 4 is 56.6 Å². The van der Waals surface area contributed by atoms with Crippen molar-refractivity contribution in [3.05, 3.63) is 52.0 Å². The number of sulfonamides is 1. The van der Waals surface area contributed by atoms with Crippen molar-refractivity contribution in [1.29, 1.82) is 0 Å². The molecule has 0 heterocycles. The fourth-order valence-electron chi connectivity index (χ4n) is 2.03. The topological polar surface area (TPSA) is 89.3 Å². The molecule has 1 amide bonds. The lowest BCUT2D eigenvalue weighted by atomic mass is 10.2. The minimum absolute atomic E-state index is 0.00545. The average molecular weight is 473 g/mol. The molecular formula is C16H13Cl2F3N2O3S2. The van der Waals surface area contributed by atoms with E-state index in [-0.39, 0.29) is 10.7 Å². The fourth-order valence-corrected chi connectivity index (χ4v) is 4.46. The van der Waals surface area contributed by atoms with E-state index in [1.807, 2.05) is 0 Å². The molecule has 5 nitrogen and oxygen atoms in total. The normalized spacial score (nSPS) is 13.2. The van der Waals surface area contributed by atoms with Crippen LogP contribution in [0.3, 0.4) is 0 Å². The summed E-state index contributed by atoms with van der Waals surface area (Å²) in [5.74, 6) is -0.624. The number of halogens is 5. The van der Waals surface area contributed by atoms with Crippen LogP contribution in [0.4, 0.5) is 18.9 Å². The van der Waals surface area contributed by atoms with Gasteiger partial charge in [-0.3, -0.25) is 9.52 Å². The Morgan fingerprint density at radius 1 is 1.18 bits per heavy atom. The van der Waals surface area contributed by atoms with Crippen molar-refractivity contribution in [3.8, 4) is 0 Å². The van der Waals surface area contributed by atoms with Crippen LogP contribution >= 0.6 is 35.0 Å². The Bertz CT molecular complexity index is 1010. The fraction of sp³-hybridized carbons (Fsp3) is 0.188. The first-order valence-electron chi connectivity index (χ1n) is 7.46. The number of amides is 1. The van der Waals surface area contributed by atoms with Crippen LogP contribution in [0.5, 0.6) is 0 Å². The van der Waals surface area contributed by atoms with Crippen LogP contribution in [0.1, 0.15) is 12.5 Å². The predicted molar refractivity (Wildman–Crippen MR) is 103 cm³/mol. The first-order valence-corrected chi connectivity index (χ1v) is 10.6. The Labute approximate surface area is 173 Å². The lowest BCUT2D eigenvalue weighted by Gasteiger charge is -2.16. The molecule has 3 N–H and O–H groups in total. The van der Waals surface area contributed by atoms with E-state index in [1.54, 1.807) is 0 Å². The van der Waals surface area contributed by atoms with Crippen molar-refractivity contribution in [2.75, 3.05) is 4.72 Å². The number of hydrogen-bond donors (Lipinski definition) is 2. The maximum atomic E-state index is 13.0. The van der Waals surface area contributed by atoms with Gasteiger partial charge in [0, 0.05) is 9.92 Å². The van der Waals surface area contributed by atoms with Crippen molar-refractivity contribution in [1.82, 2.24) is 0 Å². The maximum absolute atomic E-state index is 13.0. The van der Waals surface area contributed by atoms with E-state index in [2.05, 4.69) is 4.72 Å². The largest absolute Gasteiger partial charge is 0.417 e. The monoisotopic (exact) mass is 472 g/mol. The summed E-state index contributed by atoms with van der Waals surface area (Å²) in [5, 5.41) is -1.13. The lowest BCUT2D eigenvalue weighted by molar-refractivity contribution is -0.137. The number of primary amides is 1. The zero-order valence-electron chi connectivity index (χ0n) is 14.0. The number of nitrogens with two attached hydrogens (primary N) is 1. The Balaban J connectivity index is 2.45. The molecule has 0 aliphatic carbocycles. The van der Waals surface area contributed by atoms with Gasteiger partial charge in [0.1, 0.15) is 0 Å². The maximum Gasteiger partial charge on any atom is 0.417 e. The lowest BCUT2D eigenvalue weighted by Crippen LogP contribution is -2.22. The van der Waals surface area contributed by atoms with Gasteiger partial charge >= 0.3 is 6.18 Å². The minimum Gasteiger partial charge on any atom is -0.369 e. The predicted octanol–water partition coefficient (Wildman–Crippen LogP) is 4.78. The molecule has 0 radical (unpaired) electrons. The number of nitrogens with one attached hydrogen (secondary N) is 1.